The molecule has 1 amide bonds. The first-order valence-corrected chi connectivity index (χ1v) is 5.05. The summed E-state index contributed by atoms with van der Waals surface area (Å²) in [5.41, 5.74) is 0.0432. The van der Waals surface area contributed by atoms with Crippen LogP contribution in [0.5, 0.6) is 0 Å². The lowest BCUT2D eigenvalue weighted by molar-refractivity contribution is 0.102. The van der Waals surface area contributed by atoms with Crippen LogP contribution in [-0.2, 0) is 0 Å². The van der Waals surface area contributed by atoms with E-state index in [0.29, 0.717) is 11.3 Å². The van der Waals surface area contributed by atoms with E-state index in [1.165, 1.54) is 12.5 Å². The van der Waals surface area contributed by atoms with Crippen LogP contribution in [0.2, 0.25) is 0 Å². The number of carbonyl (C=O) groups excluding carboxylic acids is 1. The van der Waals surface area contributed by atoms with Gasteiger partial charge in [0.1, 0.15) is 11.6 Å². The van der Waals surface area contributed by atoms with E-state index in [4.69, 9.17) is 5.26 Å². The largest absolute Gasteiger partial charge is 0.321 e. The number of hydrogen-bond acceptors (Lipinski definition) is 4. The van der Waals surface area contributed by atoms with Gasteiger partial charge in [0.15, 0.2) is 0 Å². The molecule has 0 saturated heterocycles. The second-order valence-electron chi connectivity index (χ2n) is 3.41. The quantitative estimate of drug-likeness (QED) is 0.814. The fourth-order valence-corrected chi connectivity index (χ4v) is 1.39. The van der Waals surface area contributed by atoms with Crippen LogP contribution in [0, 0.1) is 11.3 Å². The van der Waals surface area contributed by atoms with Crippen LogP contribution < -0.4 is 10.9 Å². The predicted molar refractivity (Wildman–Crippen MR) is 64.0 cm³/mol. The Morgan fingerprint density at radius 2 is 2.17 bits per heavy atom. The second-order valence-corrected chi connectivity index (χ2v) is 3.41. The maximum atomic E-state index is 11.8. The highest BCUT2D eigenvalue weighted by Gasteiger charge is 2.12. The van der Waals surface area contributed by atoms with E-state index >= 15 is 0 Å². The van der Waals surface area contributed by atoms with Crippen LogP contribution in [0.1, 0.15) is 15.9 Å². The summed E-state index contributed by atoms with van der Waals surface area (Å²) >= 11 is 0. The minimum absolute atomic E-state index is 0.106. The van der Waals surface area contributed by atoms with Gasteiger partial charge < -0.3 is 10.3 Å². The number of amides is 1. The first-order valence-electron chi connectivity index (χ1n) is 5.05. The lowest BCUT2D eigenvalue weighted by atomic mass is 10.2. The Morgan fingerprint density at radius 3 is 2.89 bits per heavy atom. The topological polar surface area (TPSA) is 98.6 Å². The number of aromatic amines is 1. The molecule has 1 aromatic carbocycles. The molecule has 0 fully saturated rings. The SMILES string of the molecule is N#Cc1ccccc1NC(=O)c1cnc[nH]c1=O. The van der Waals surface area contributed by atoms with Crippen molar-refractivity contribution in [2.75, 3.05) is 5.32 Å². The highest BCUT2D eigenvalue weighted by Crippen LogP contribution is 2.13. The Bertz CT molecular complexity index is 685. The van der Waals surface area contributed by atoms with Gasteiger partial charge in [0, 0.05) is 6.20 Å². The molecule has 6 nitrogen and oxygen atoms in total. The summed E-state index contributed by atoms with van der Waals surface area (Å²) in [5.74, 6) is -0.605. The number of para-hydroxylation sites is 1. The number of aromatic nitrogens is 2. The molecule has 0 aliphatic rings. The standard InChI is InChI=1S/C12H8N4O2/c13-5-8-3-1-2-4-10(8)16-12(18)9-6-14-7-15-11(9)17/h1-4,6-7H,(H,16,18)(H,14,15,17). The third-order valence-corrected chi connectivity index (χ3v) is 2.26. The maximum Gasteiger partial charge on any atom is 0.263 e. The number of nitrogens with zero attached hydrogens (tertiary/aromatic N) is 2. The van der Waals surface area contributed by atoms with Crippen molar-refractivity contribution in [2.24, 2.45) is 0 Å². The van der Waals surface area contributed by atoms with E-state index in [9.17, 15) is 9.59 Å². The summed E-state index contributed by atoms with van der Waals surface area (Å²) in [6.07, 6.45) is 2.37. The Labute approximate surface area is 102 Å². The molecule has 0 saturated carbocycles. The average molecular weight is 240 g/mol. The van der Waals surface area contributed by atoms with E-state index < -0.39 is 11.5 Å². The molecule has 6 heteroatoms. The van der Waals surface area contributed by atoms with Gasteiger partial charge in [0.05, 0.1) is 17.6 Å². The molecule has 2 N–H and O–H groups in total. The molecule has 0 aliphatic heterocycles. The Morgan fingerprint density at radius 1 is 1.39 bits per heavy atom. The van der Waals surface area contributed by atoms with Crippen molar-refractivity contribution >= 4 is 11.6 Å². The molecular weight excluding hydrogens is 232 g/mol. The molecule has 0 aliphatic carbocycles. The van der Waals surface area contributed by atoms with E-state index in [2.05, 4.69) is 15.3 Å². The molecule has 0 radical (unpaired) electrons. The molecule has 1 heterocycles. The van der Waals surface area contributed by atoms with E-state index in [0.717, 1.165) is 0 Å². The number of nitrogens with one attached hydrogen (secondary N) is 2. The van der Waals surface area contributed by atoms with Gasteiger partial charge in [-0.15, -0.1) is 0 Å². The monoisotopic (exact) mass is 240 g/mol. The van der Waals surface area contributed by atoms with Gasteiger partial charge in [-0.2, -0.15) is 5.26 Å². The number of carbonyl (C=O) groups is 1. The van der Waals surface area contributed by atoms with Gasteiger partial charge >= 0.3 is 0 Å². The summed E-state index contributed by atoms with van der Waals surface area (Å²) in [6.45, 7) is 0. The van der Waals surface area contributed by atoms with Gasteiger partial charge in [-0.3, -0.25) is 9.59 Å². The lowest BCUT2D eigenvalue weighted by Gasteiger charge is -2.05. The summed E-state index contributed by atoms with van der Waals surface area (Å²) < 4.78 is 0. The Hall–Kier alpha value is -2.94. The Balaban J connectivity index is 2.31. The highest BCUT2D eigenvalue weighted by atomic mass is 16.2. The molecule has 0 spiro atoms. The minimum Gasteiger partial charge on any atom is -0.321 e. The number of benzene rings is 1. The van der Waals surface area contributed by atoms with Crippen LogP contribution in [-0.4, -0.2) is 15.9 Å². The number of hydrogen-bond donors (Lipinski definition) is 2. The average Bonchev–Trinajstić information content (AvgIpc) is 2.39. The summed E-state index contributed by atoms with van der Waals surface area (Å²) in [7, 11) is 0. The summed E-state index contributed by atoms with van der Waals surface area (Å²) in [6, 6.07) is 8.48. The van der Waals surface area contributed by atoms with Crippen LogP contribution in [0.4, 0.5) is 5.69 Å². The third-order valence-electron chi connectivity index (χ3n) is 2.26. The fourth-order valence-electron chi connectivity index (χ4n) is 1.39. The van der Waals surface area contributed by atoms with Gasteiger partial charge in [0.25, 0.3) is 11.5 Å². The molecule has 0 bridgehead atoms. The zero-order valence-corrected chi connectivity index (χ0v) is 9.18. The van der Waals surface area contributed by atoms with Crippen molar-refractivity contribution in [1.29, 1.82) is 5.26 Å². The minimum atomic E-state index is -0.605. The molecular formula is C12H8N4O2. The van der Waals surface area contributed by atoms with Crippen molar-refractivity contribution < 1.29 is 4.79 Å². The van der Waals surface area contributed by atoms with Crippen LogP contribution >= 0.6 is 0 Å². The normalized spacial score (nSPS) is 9.50. The number of nitriles is 1. The third kappa shape index (κ3) is 2.25. The summed E-state index contributed by atoms with van der Waals surface area (Å²) in [4.78, 5) is 29.2. The van der Waals surface area contributed by atoms with Crippen molar-refractivity contribution in [1.82, 2.24) is 9.97 Å². The van der Waals surface area contributed by atoms with Gasteiger partial charge in [-0.1, -0.05) is 12.1 Å². The Kier molecular flexibility index (Phi) is 3.16. The van der Waals surface area contributed by atoms with Crippen molar-refractivity contribution in [3.63, 3.8) is 0 Å². The first-order chi connectivity index (χ1) is 8.72. The summed E-state index contributed by atoms with van der Waals surface area (Å²) in [5, 5.41) is 11.4. The second kappa shape index (κ2) is 4.93. The number of H-pyrrole nitrogens is 1. The maximum absolute atomic E-state index is 11.8. The molecule has 2 rings (SSSR count). The first kappa shape index (κ1) is 11.5. The lowest BCUT2D eigenvalue weighted by Crippen LogP contribution is -2.23. The molecule has 0 unspecified atom stereocenters. The molecule has 18 heavy (non-hydrogen) atoms. The molecule has 1 aromatic heterocycles. The highest BCUT2D eigenvalue weighted by molar-refractivity contribution is 6.04. The zero-order chi connectivity index (χ0) is 13.0. The van der Waals surface area contributed by atoms with Gasteiger partial charge in [-0.25, -0.2) is 4.98 Å². The van der Waals surface area contributed by atoms with Crippen molar-refractivity contribution in [2.45, 2.75) is 0 Å². The predicted octanol–water partition coefficient (Wildman–Crippen LogP) is 0.894. The molecule has 88 valence electrons. The molecule has 2 aromatic rings. The zero-order valence-electron chi connectivity index (χ0n) is 9.18. The van der Waals surface area contributed by atoms with Crippen LogP contribution in [0.15, 0.2) is 41.6 Å². The number of rotatable bonds is 2. The van der Waals surface area contributed by atoms with Gasteiger partial charge in [0.2, 0.25) is 0 Å². The van der Waals surface area contributed by atoms with E-state index in [1.807, 2.05) is 6.07 Å². The number of anilines is 1. The van der Waals surface area contributed by atoms with Crippen molar-refractivity contribution in [3.8, 4) is 6.07 Å². The fraction of sp³-hybridized carbons (Fsp3) is 0. The molecule has 0 atom stereocenters. The van der Waals surface area contributed by atoms with E-state index in [-0.39, 0.29) is 5.56 Å². The smallest absolute Gasteiger partial charge is 0.263 e. The van der Waals surface area contributed by atoms with E-state index in [1.54, 1.807) is 24.3 Å². The van der Waals surface area contributed by atoms with Gasteiger partial charge in [-0.05, 0) is 12.1 Å². The van der Waals surface area contributed by atoms with Crippen LogP contribution in [0.3, 0.4) is 0 Å². The van der Waals surface area contributed by atoms with Crippen LogP contribution in [0.25, 0.3) is 0 Å². The van der Waals surface area contributed by atoms with Crippen molar-refractivity contribution in [3.05, 3.63) is 58.3 Å².